The third kappa shape index (κ3) is 4.77. The Balaban J connectivity index is 1.52. The number of ether oxygens (including phenoxy) is 1. The highest BCUT2D eigenvalue weighted by Gasteiger charge is 2.20. The standard InChI is InChI=1S/C22H17F2N3O2S/c23-16-3-6-18(7-4-16)29-11-9-21(28)27(14-15-2-1-10-25-13-15)22-26-19-12-17(24)5-8-20(19)30-22/h1-8,10,12-13H,9,11,14H2. The lowest BCUT2D eigenvalue weighted by molar-refractivity contribution is -0.119. The van der Waals surface area contributed by atoms with Crippen LogP contribution in [-0.2, 0) is 11.3 Å². The summed E-state index contributed by atoms with van der Waals surface area (Å²) in [7, 11) is 0. The van der Waals surface area contributed by atoms with Crippen LogP contribution in [0.15, 0.2) is 67.0 Å². The number of pyridine rings is 1. The molecule has 8 heteroatoms. The maximum Gasteiger partial charge on any atom is 0.232 e. The third-order valence-corrected chi connectivity index (χ3v) is 5.39. The Morgan fingerprint density at radius 3 is 2.63 bits per heavy atom. The molecule has 152 valence electrons. The predicted molar refractivity (Wildman–Crippen MR) is 112 cm³/mol. The van der Waals surface area contributed by atoms with E-state index in [1.54, 1.807) is 29.4 Å². The summed E-state index contributed by atoms with van der Waals surface area (Å²) < 4.78 is 32.9. The van der Waals surface area contributed by atoms with E-state index in [1.807, 2.05) is 6.07 Å². The number of hydrogen-bond acceptors (Lipinski definition) is 5. The van der Waals surface area contributed by atoms with Gasteiger partial charge < -0.3 is 4.74 Å². The maximum atomic E-state index is 13.5. The summed E-state index contributed by atoms with van der Waals surface area (Å²) in [4.78, 5) is 23.1. The summed E-state index contributed by atoms with van der Waals surface area (Å²) in [6.07, 6.45) is 3.44. The van der Waals surface area contributed by atoms with Gasteiger partial charge >= 0.3 is 0 Å². The van der Waals surface area contributed by atoms with Gasteiger partial charge in [0.2, 0.25) is 5.91 Å². The molecule has 0 aliphatic heterocycles. The quantitative estimate of drug-likeness (QED) is 0.419. The molecule has 0 aliphatic rings. The number of fused-ring (bicyclic) bond motifs is 1. The molecule has 0 unspecified atom stereocenters. The lowest BCUT2D eigenvalue weighted by Crippen LogP contribution is -2.31. The van der Waals surface area contributed by atoms with E-state index in [2.05, 4.69) is 9.97 Å². The van der Waals surface area contributed by atoms with Crippen LogP contribution in [0.25, 0.3) is 10.2 Å². The van der Waals surface area contributed by atoms with Gasteiger partial charge in [-0.25, -0.2) is 13.8 Å². The fourth-order valence-corrected chi connectivity index (χ4v) is 3.83. The van der Waals surface area contributed by atoms with Crippen molar-refractivity contribution < 1.29 is 18.3 Å². The Bertz CT molecular complexity index is 1150. The highest BCUT2D eigenvalue weighted by molar-refractivity contribution is 7.22. The number of benzene rings is 2. The van der Waals surface area contributed by atoms with Gasteiger partial charge in [0.1, 0.15) is 17.4 Å². The van der Waals surface area contributed by atoms with E-state index in [0.29, 0.717) is 16.4 Å². The maximum absolute atomic E-state index is 13.5. The number of carbonyl (C=O) groups excluding carboxylic acids is 1. The van der Waals surface area contributed by atoms with E-state index in [4.69, 9.17) is 4.74 Å². The predicted octanol–water partition coefficient (Wildman–Crippen LogP) is 4.97. The minimum Gasteiger partial charge on any atom is -0.493 e. The molecule has 0 saturated carbocycles. The van der Waals surface area contributed by atoms with Gasteiger partial charge in [0.05, 0.1) is 29.8 Å². The Kier molecular flexibility index (Phi) is 5.94. The van der Waals surface area contributed by atoms with Gasteiger partial charge in [-0.3, -0.25) is 14.7 Å². The number of aromatic nitrogens is 2. The lowest BCUT2D eigenvalue weighted by Gasteiger charge is -2.20. The molecule has 0 fully saturated rings. The van der Waals surface area contributed by atoms with Gasteiger partial charge in [-0.2, -0.15) is 0 Å². The number of amides is 1. The van der Waals surface area contributed by atoms with Gasteiger partial charge in [-0.15, -0.1) is 0 Å². The van der Waals surface area contributed by atoms with Gasteiger partial charge in [-0.05, 0) is 48.0 Å². The van der Waals surface area contributed by atoms with Crippen molar-refractivity contribution in [2.75, 3.05) is 11.5 Å². The molecule has 1 amide bonds. The van der Waals surface area contributed by atoms with Gasteiger partial charge in [-0.1, -0.05) is 17.4 Å². The largest absolute Gasteiger partial charge is 0.493 e. The van der Waals surface area contributed by atoms with Crippen molar-refractivity contribution in [3.63, 3.8) is 0 Å². The smallest absolute Gasteiger partial charge is 0.232 e. The highest BCUT2D eigenvalue weighted by atomic mass is 32.1. The third-order valence-electron chi connectivity index (χ3n) is 4.33. The molecule has 2 heterocycles. The average molecular weight is 425 g/mol. The van der Waals surface area contributed by atoms with Crippen LogP contribution in [0.1, 0.15) is 12.0 Å². The fraction of sp³-hybridized carbons (Fsp3) is 0.136. The van der Waals surface area contributed by atoms with Crippen LogP contribution in [0.4, 0.5) is 13.9 Å². The number of carbonyl (C=O) groups is 1. The number of thiazole rings is 1. The van der Waals surface area contributed by atoms with E-state index >= 15 is 0 Å². The number of hydrogen-bond donors (Lipinski definition) is 0. The van der Waals surface area contributed by atoms with E-state index in [-0.39, 0.29) is 37.1 Å². The normalized spacial score (nSPS) is 10.9. The van der Waals surface area contributed by atoms with Crippen LogP contribution in [0.5, 0.6) is 5.75 Å². The molecule has 2 aromatic carbocycles. The first kappa shape index (κ1) is 19.9. The summed E-state index contributed by atoms with van der Waals surface area (Å²) in [5.41, 5.74) is 1.34. The van der Waals surface area contributed by atoms with Crippen molar-refractivity contribution in [1.82, 2.24) is 9.97 Å². The van der Waals surface area contributed by atoms with Gasteiger partial charge in [0.15, 0.2) is 5.13 Å². The summed E-state index contributed by atoms with van der Waals surface area (Å²) >= 11 is 1.32. The molecule has 0 radical (unpaired) electrons. The number of nitrogens with zero attached hydrogens (tertiary/aromatic N) is 3. The van der Waals surface area contributed by atoms with E-state index in [1.165, 1.54) is 47.7 Å². The first-order chi connectivity index (χ1) is 14.6. The topological polar surface area (TPSA) is 55.3 Å². The van der Waals surface area contributed by atoms with E-state index in [9.17, 15) is 13.6 Å². The van der Waals surface area contributed by atoms with Crippen molar-refractivity contribution in [3.05, 3.63) is 84.2 Å². The minimum absolute atomic E-state index is 0.0991. The average Bonchev–Trinajstić information content (AvgIpc) is 3.17. The monoisotopic (exact) mass is 425 g/mol. The number of halogens is 2. The van der Waals surface area contributed by atoms with E-state index in [0.717, 1.165) is 10.3 Å². The zero-order valence-corrected chi connectivity index (χ0v) is 16.6. The number of anilines is 1. The first-order valence-corrected chi connectivity index (χ1v) is 10.0. The van der Waals surface area contributed by atoms with Crippen molar-refractivity contribution >= 4 is 32.6 Å². The Labute approximate surface area is 175 Å². The van der Waals surface area contributed by atoms with Crippen molar-refractivity contribution in [1.29, 1.82) is 0 Å². The molecule has 4 aromatic rings. The highest BCUT2D eigenvalue weighted by Crippen LogP contribution is 2.30. The molecule has 2 aromatic heterocycles. The summed E-state index contributed by atoms with van der Waals surface area (Å²) in [6.45, 7) is 0.416. The fourth-order valence-electron chi connectivity index (χ4n) is 2.86. The second kappa shape index (κ2) is 8.96. The first-order valence-electron chi connectivity index (χ1n) is 9.22. The molecular weight excluding hydrogens is 408 g/mol. The minimum atomic E-state index is -0.378. The zero-order valence-electron chi connectivity index (χ0n) is 15.8. The van der Waals surface area contributed by atoms with Crippen LogP contribution < -0.4 is 9.64 Å². The van der Waals surface area contributed by atoms with Gasteiger partial charge in [0, 0.05) is 18.5 Å². The van der Waals surface area contributed by atoms with Crippen LogP contribution >= 0.6 is 11.3 Å². The molecular formula is C22H17F2N3O2S. The zero-order chi connectivity index (χ0) is 20.9. The molecule has 30 heavy (non-hydrogen) atoms. The van der Waals surface area contributed by atoms with Crippen LogP contribution in [0.2, 0.25) is 0 Å². The molecule has 0 bridgehead atoms. The molecule has 5 nitrogen and oxygen atoms in total. The second-order valence-corrected chi connectivity index (χ2v) is 7.51. The van der Waals surface area contributed by atoms with Crippen LogP contribution in [0, 0.1) is 11.6 Å². The summed E-state index contributed by atoms with van der Waals surface area (Å²) in [5, 5.41) is 0.478. The Hall–Kier alpha value is -3.39. The molecule has 0 spiro atoms. The summed E-state index contributed by atoms with van der Waals surface area (Å²) in [5.74, 6) is -0.440. The Morgan fingerprint density at radius 1 is 1.07 bits per heavy atom. The summed E-state index contributed by atoms with van der Waals surface area (Å²) in [6, 6.07) is 13.6. The molecule has 0 atom stereocenters. The second-order valence-electron chi connectivity index (χ2n) is 6.50. The molecule has 4 rings (SSSR count). The van der Waals surface area contributed by atoms with Crippen LogP contribution in [0.3, 0.4) is 0 Å². The van der Waals surface area contributed by atoms with Gasteiger partial charge in [0.25, 0.3) is 0 Å². The van der Waals surface area contributed by atoms with Crippen LogP contribution in [-0.4, -0.2) is 22.5 Å². The number of rotatable bonds is 7. The SMILES string of the molecule is O=C(CCOc1ccc(F)cc1)N(Cc1cccnc1)c1nc2cc(F)ccc2s1. The van der Waals surface area contributed by atoms with Crippen molar-refractivity contribution in [2.24, 2.45) is 0 Å². The molecule has 0 aliphatic carbocycles. The van der Waals surface area contributed by atoms with E-state index < -0.39 is 0 Å². The lowest BCUT2D eigenvalue weighted by atomic mass is 10.2. The molecule has 0 N–H and O–H groups in total. The van der Waals surface area contributed by atoms with Crippen molar-refractivity contribution in [3.8, 4) is 5.75 Å². The van der Waals surface area contributed by atoms with Crippen molar-refractivity contribution in [2.45, 2.75) is 13.0 Å². The molecule has 0 saturated heterocycles. The Morgan fingerprint density at radius 2 is 1.87 bits per heavy atom.